The van der Waals surface area contributed by atoms with Crippen molar-refractivity contribution >= 4 is 23.4 Å². The molecule has 0 N–H and O–H groups in total. The van der Waals surface area contributed by atoms with Crippen LogP contribution in [0, 0.1) is 5.41 Å². The Morgan fingerprint density at radius 1 is 1.29 bits per heavy atom. The maximum atomic E-state index is 12.3. The molecule has 1 saturated heterocycles. The van der Waals surface area contributed by atoms with E-state index in [1.54, 1.807) is 7.05 Å². The number of hydrogen-bond donors (Lipinski definition) is 0. The first-order chi connectivity index (χ1) is 9.71. The van der Waals surface area contributed by atoms with Crippen LogP contribution in [0.1, 0.15) is 34.6 Å². The van der Waals surface area contributed by atoms with E-state index >= 15 is 0 Å². The van der Waals surface area contributed by atoms with Crippen molar-refractivity contribution in [1.82, 2.24) is 9.91 Å². The highest BCUT2D eigenvalue weighted by Crippen LogP contribution is 2.31. The molecule has 4 nitrogen and oxygen atoms in total. The second-order valence-electron chi connectivity index (χ2n) is 6.75. The van der Waals surface area contributed by atoms with Crippen LogP contribution in [0.4, 0.5) is 0 Å². The van der Waals surface area contributed by atoms with Crippen LogP contribution in [-0.4, -0.2) is 46.9 Å². The minimum atomic E-state index is -0.134. The summed E-state index contributed by atoms with van der Waals surface area (Å²) in [7, 11) is 1.72. The molecular formula is C16H25N3OS. The number of thioether (sulfide) groups is 1. The maximum Gasteiger partial charge on any atom is 0.275 e. The Morgan fingerprint density at radius 2 is 1.95 bits per heavy atom. The van der Waals surface area contributed by atoms with Gasteiger partial charge in [-0.3, -0.25) is 4.79 Å². The first-order valence-corrected chi connectivity index (χ1v) is 8.39. The van der Waals surface area contributed by atoms with Crippen LogP contribution < -0.4 is 0 Å². The van der Waals surface area contributed by atoms with Crippen molar-refractivity contribution < 1.29 is 4.79 Å². The Balaban J connectivity index is 2.31. The topological polar surface area (TPSA) is 35.9 Å². The van der Waals surface area contributed by atoms with Crippen molar-refractivity contribution in [3.63, 3.8) is 0 Å². The molecule has 0 aromatic carbocycles. The second-order valence-corrected chi connectivity index (χ2v) is 7.86. The summed E-state index contributed by atoms with van der Waals surface area (Å²) in [6.45, 7) is 11.7. The number of carbonyl (C=O) groups excluding carboxylic acids is 1. The van der Waals surface area contributed by atoms with Crippen LogP contribution in [0.15, 0.2) is 27.9 Å². The molecule has 0 aromatic heterocycles. The summed E-state index contributed by atoms with van der Waals surface area (Å²) in [5.41, 5.74) is 1.45. The summed E-state index contributed by atoms with van der Waals surface area (Å²) in [4.78, 5) is 14.6. The molecular weight excluding hydrogens is 282 g/mol. The van der Waals surface area contributed by atoms with Crippen LogP contribution in [0.5, 0.6) is 0 Å². The van der Waals surface area contributed by atoms with Gasteiger partial charge in [0.15, 0.2) is 0 Å². The lowest BCUT2D eigenvalue weighted by molar-refractivity contribution is -0.124. The van der Waals surface area contributed by atoms with Crippen LogP contribution >= 0.6 is 11.8 Å². The molecule has 0 radical (unpaired) electrons. The van der Waals surface area contributed by atoms with Crippen molar-refractivity contribution in [3.05, 3.63) is 22.8 Å². The Bertz CT molecular complexity index is 526. The van der Waals surface area contributed by atoms with Gasteiger partial charge in [-0.1, -0.05) is 20.8 Å². The molecule has 1 fully saturated rings. The Labute approximate surface area is 131 Å². The van der Waals surface area contributed by atoms with Crippen molar-refractivity contribution in [2.45, 2.75) is 40.7 Å². The lowest BCUT2D eigenvalue weighted by atomic mass is 9.85. The highest BCUT2D eigenvalue weighted by atomic mass is 32.2. The van der Waals surface area contributed by atoms with Crippen molar-refractivity contribution in [2.24, 2.45) is 10.5 Å². The zero-order chi connectivity index (χ0) is 15.8. The third-order valence-corrected chi connectivity index (χ3v) is 4.67. The van der Waals surface area contributed by atoms with E-state index in [1.807, 2.05) is 17.8 Å². The van der Waals surface area contributed by atoms with Gasteiger partial charge in [0, 0.05) is 30.8 Å². The Hall–Kier alpha value is -1.23. The molecule has 116 valence electrons. The quantitative estimate of drug-likeness (QED) is 0.736. The van der Waals surface area contributed by atoms with E-state index in [1.165, 1.54) is 10.0 Å². The maximum absolute atomic E-state index is 12.3. The molecule has 0 unspecified atom stereocenters. The number of hydrogen-bond acceptors (Lipinski definition) is 4. The van der Waals surface area contributed by atoms with Crippen molar-refractivity contribution in [3.8, 4) is 0 Å². The van der Waals surface area contributed by atoms with Gasteiger partial charge >= 0.3 is 0 Å². The van der Waals surface area contributed by atoms with E-state index < -0.39 is 0 Å². The fraction of sp³-hybridized carbons (Fsp3) is 0.625. The summed E-state index contributed by atoms with van der Waals surface area (Å²) in [5.74, 6) is 1.09. The zero-order valence-electron chi connectivity index (χ0n) is 13.8. The molecule has 0 aromatic rings. The van der Waals surface area contributed by atoms with Gasteiger partial charge in [-0.05, 0) is 26.0 Å². The molecule has 0 bridgehead atoms. The highest BCUT2D eigenvalue weighted by molar-refractivity contribution is 8.03. The average molecular weight is 307 g/mol. The van der Waals surface area contributed by atoms with Gasteiger partial charge in [-0.15, -0.1) is 11.8 Å². The fourth-order valence-electron chi connectivity index (χ4n) is 2.48. The predicted octanol–water partition coefficient (Wildman–Crippen LogP) is 3.09. The van der Waals surface area contributed by atoms with Gasteiger partial charge in [0.05, 0.1) is 16.3 Å². The van der Waals surface area contributed by atoms with E-state index in [2.05, 4.69) is 50.7 Å². The monoisotopic (exact) mass is 307 g/mol. The SMILES string of the molecule is CC(C)N1CCS/C1=C/C=C1/C(=O)N(C)N=C1C(C)(C)C. The lowest BCUT2D eigenvalue weighted by Gasteiger charge is -2.23. The molecule has 0 aliphatic carbocycles. The molecule has 2 aliphatic heterocycles. The molecule has 1 amide bonds. The van der Waals surface area contributed by atoms with E-state index in [0.717, 1.165) is 18.0 Å². The number of carbonyl (C=O) groups is 1. The summed E-state index contributed by atoms with van der Waals surface area (Å²) in [6, 6.07) is 0.488. The predicted molar refractivity (Wildman–Crippen MR) is 90.1 cm³/mol. The highest BCUT2D eigenvalue weighted by Gasteiger charge is 2.34. The normalized spacial score (nSPS) is 24.0. The molecule has 5 heteroatoms. The van der Waals surface area contributed by atoms with Crippen LogP contribution in [0.2, 0.25) is 0 Å². The lowest BCUT2D eigenvalue weighted by Crippen LogP contribution is -2.26. The number of hydrazone groups is 1. The molecule has 0 saturated carbocycles. The molecule has 2 heterocycles. The van der Waals surface area contributed by atoms with Crippen molar-refractivity contribution in [2.75, 3.05) is 19.3 Å². The molecule has 21 heavy (non-hydrogen) atoms. The smallest absolute Gasteiger partial charge is 0.275 e. The van der Waals surface area contributed by atoms with Gasteiger partial charge in [0.25, 0.3) is 5.91 Å². The summed E-state index contributed by atoms with van der Waals surface area (Å²) in [6.07, 6.45) is 4.02. The minimum Gasteiger partial charge on any atom is -0.363 e. The number of allylic oxidation sites excluding steroid dienone is 2. The number of amides is 1. The number of nitrogens with zero attached hydrogens (tertiary/aromatic N) is 3. The first-order valence-electron chi connectivity index (χ1n) is 7.40. The summed E-state index contributed by atoms with van der Waals surface area (Å²) < 4.78 is 0. The molecule has 2 aliphatic rings. The van der Waals surface area contributed by atoms with E-state index in [4.69, 9.17) is 0 Å². The van der Waals surface area contributed by atoms with Crippen LogP contribution in [0.25, 0.3) is 0 Å². The minimum absolute atomic E-state index is 0.0177. The van der Waals surface area contributed by atoms with Gasteiger partial charge in [-0.25, -0.2) is 5.01 Å². The van der Waals surface area contributed by atoms with Gasteiger partial charge < -0.3 is 4.90 Å². The van der Waals surface area contributed by atoms with E-state index in [9.17, 15) is 4.79 Å². The van der Waals surface area contributed by atoms with Gasteiger partial charge in [-0.2, -0.15) is 5.10 Å². The molecule has 2 rings (SSSR count). The van der Waals surface area contributed by atoms with Crippen LogP contribution in [-0.2, 0) is 4.79 Å². The third kappa shape index (κ3) is 3.34. The largest absolute Gasteiger partial charge is 0.363 e. The Kier molecular flexibility index (Phi) is 4.51. The average Bonchev–Trinajstić information content (AvgIpc) is 2.93. The molecule has 0 atom stereocenters. The van der Waals surface area contributed by atoms with Gasteiger partial charge in [0.2, 0.25) is 0 Å². The molecule has 0 spiro atoms. The Morgan fingerprint density at radius 3 is 2.52 bits per heavy atom. The standard InChI is InChI=1S/C16H25N3OS/c1-11(2)19-9-10-21-13(19)8-7-12-14(16(3,4)5)17-18(6)15(12)20/h7-8,11H,9-10H2,1-6H3/b12-7+,13-8+. The van der Waals surface area contributed by atoms with E-state index in [0.29, 0.717) is 11.6 Å². The zero-order valence-corrected chi connectivity index (χ0v) is 14.6. The number of rotatable bonds is 2. The van der Waals surface area contributed by atoms with Gasteiger partial charge in [0.1, 0.15) is 0 Å². The second kappa shape index (κ2) is 5.87. The van der Waals surface area contributed by atoms with Crippen molar-refractivity contribution in [1.29, 1.82) is 0 Å². The van der Waals surface area contributed by atoms with E-state index in [-0.39, 0.29) is 11.3 Å². The summed E-state index contributed by atoms with van der Waals surface area (Å²) >= 11 is 1.85. The fourth-order valence-corrected chi connectivity index (χ4v) is 3.61. The summed E-state index contributed by atoms with van der Waals surface area (Å²) in [5, 5.41) is 7.09. The van der Waals surface area contributed by atoms with Crippen LogP contribution in [0.3, 0.4) is 0 Å². The third-order valence-electron chi connectivity index (χ3n) is 3.62. The first kappa shape index (κ1) is 16.1. The number of likely N-dealkylation sites (N-methyl/N-ethyl adjacent to an activating group) is 1.